The molecule has 10 nitrogen and oxygen atoms in total. The van der Waals surface area contributed by atoms with E-state index in [1.165, 1.54) is 0 Å². The van der Waals surface area contributed by atoms with Crippen LogP contribution in [0.4, 0.5) is 0 Å². The normalized spacial score (nSPS) is 19.8. The van der Waals surface area contributed by atoms with Crippen molar-refractivity contribution < 1.29 is 33.4 Å². The van der Waals surface area contributed by atoms with Crippen molar-refractivity contribution in [3.63, 3.8) is 0 Å². The number of hydrogen-bond donors (Lipinski definition) is 2. The fourth-order valence-electron chi connectivity index (χ4n) is 6.84. The lowest BCUT2D eigenvalue weighted by Crippen LogP contribution is -2.50. The molecule has 0 aromatic heterocycles. The molecule has 2 aliphatic heterocycles. The molecular formula is C42H59N3O7. The Morgan fingerprint density at radius 1 is 0.750 bits per heavy atom. The first-order chi connectivity index (χ1) is 24.8. The zero-order chi connectivity index (χ0) is 37.7. The van der Waals surface area contributed by atoms with Crippen molar-refractivity contribution in [1.29, 1.82) is 0 Å². The zero-order valence-electron chi connectivity index (χ0n) is 31.7. The molecule has 2 aromatic rings. The maximum atomic E-state index is 14.2. The number of hydrogen-bond acceptors (Lipinski definition) is 8. The van der Waals surface area contributed by atoms with Gasteiger partial charge in [-0.25, -0.2) is 0 Å². The summed E-state index contributed by atoms with van der Waals surface area (Å²) >= 11 is 0. The van der Waals surface area contributed by atoms with Gasteiger partial charge in [0.1, 0.15) is 11.4 Å². The quantitative estimate of drug-likeness (QED) is 0.167. The molecule has 0 unspecified atom stereocenters. The van der Waals surface area contributed by atoms with Crippen molar-refractivity contribution in [2.45, 2.75) is 97.2 Å². The molecule has 2 saturated heterocycles. The Labute approximate surface area is 309 Å². The molecule has 10 heteroatoms. The smallest absolute Gasteiger partial charge is 0.224 e. The summed E-state index contributed by atoms with van der Waals surface area (Å²) in [5, 5.41) is 6.03. The summed E-state index contributed by atoms with van der Waals surface area (Å²) in [6, 6.07) is 17.8. The van der Waals surface area contributed by atoms with Crippen LogP contribution in [0.1, 0.15) is 77.8 Å². The van der Waals surface area contributed by atoms with Crippen LogP contribution < -0.4 is 10.6 Å². The standard InChI is InChI=1S/C42H59N3O7/c1-29(2)22-36(43-40(49)33(17-16-31-12-8-6-9-13-31)25-35(46)27-45-18-20-51-21-19-45)38(47)26-34(24-32-14-10-7-11-15-32)41(50)44-37(23-30(3)4)39(48)42(5)28-52-42/h6-15,29-30,33-34,36-37H,16-28H2,1-5H3,(H,43,49)(H,44,50)/t33-,34-,36+,37-,42-/m1/s1. The van der Waals surface area contributed by atoms with E-state index < -0.39 is 29.5 Å². The van der Waals surface area contributed by atoms with Crippen LogP contribution in [0.3, 0.4) is 0 Å². The highest BCUT2D eigenvalue weighted by Crippen LogP contribution is 2.30. The zero-order valence-corrected chi connectivity index (χ0v) is 31.7. The Morgan fingerprint density at radius 2 is 1.29 bits per heavy atom. The second-order valence-electron chi connectivity index (χ2n) is 15.7. The number of epoxide rings is 1. The van der Waals surface area contributed by atoms with E-state index in [1.54, 1.807) is 6.92 Å². The van der Waals surface area contributed by atoms with Gasteiger partial charge in [-0.15, -0.1) is 0 Å². The number of amides is 2. The maximum Gasteiger partial charge on any atom is 0.224 e. The number of rotatable bonds is 22. The first kappa shape index (κ1) is 41.0. The van der Waals surface area contributed by atoms with Gasteiger partial charge >= 0.3 is 0 Å². The molecular weight excluding hydrogens is 658 g/mol. The number of morpholine rings is 1. The van der Waals surface area contributed by atoms with Crippen LogP contribution in [0.15, 0.2) is 60.7 Å². The highest BCUT2D eigenvalue weighted by atomic mass is 16.6. The number of nitrogens with one attached hydrogen (secondary N) is 2. The van der Waals surface area contributed by atoms with Gasteiger partial charge in [-0.1, -0.05) is 88.4 Å². The molecule has 2 heterocycles. The average Bonchev–Trinajstić information content (AvgIpc) is 3.87. The van der Waals surface area contributed by atoms with Crippen molar-refractivity contribution in [1.82, 2.24) is 15.5 Å². The summed E-state index contributed by atoms with van der Waals surface area (Å²) < 4.78 is 10.9. The predicted octanol–water partition coefficient (Wildman–Crippen LogP) is 4.76. The number of aryl methyl sites for hydroxylation is 1. The summed E-state index contributed by atoms with van der Waals surface area (Å²) in [6.07, 6.45) is 2.18. The summed E-state index contributed by atoms with van der Waals surface area (Å²) in [6.45, 7) is 12.8. The van der Waals surface area contributed by atoms with Gasteiger partial charge in [0.25, 0.3) is 0 Å². The third-order valence-electron chi connectivity index (χ3n) is 9.97. The minimum atomic E-state index is -0.898. The van der Waals surface area contributed by atoms with Gasteiger partial charge in [0.2, 0.25) is 11.8 Å². The van der Waals surface area contributed by atoms with Gasteiger partial charge in [-0.3, -0.25) is 28.9 Å². The first-order valence-corrected chi connectivity index (χ1v) is 19.0. The number of Topliss-reactive ketones (excluding diaryl/α,β-unsaturated/α-hetero) is 3. The van der Waals surface area contributed by atoms with Gasteiger partial charge in [0, 0.05) is 37.8 Å². The van der Waals surface area contributed by atoms with Gasteiger partial charge < -0.3 is 20.1 Å². The second-order valence-corrected chi connectivity index (χ2v) is 15.7. The van der Waals surface area contributed by atoms with Crippen LogP contribution in [0.5, 0.6) is 0 Å². The lowest BCUT2D eigenvalue weighted by Gasteiger charge is -2.28. The van der Waals surface area contributed by atoms with Crippen LogP contribution in [0.25, 0.3) is 0 Å². The molecule has 0 spiro atoms. The van der Waals surface area contributed by atoms with Crippen LogP contribution in [0, 0.1) is 23.7 Å². The lowest BCUT2D eigenvalue weighted by atomic mass is 9.87. The number of ether oxygens (including phenoxy) is 2. The number of ketones is 3. The molecule has 0 radical (unpaired) electrons. The van der Waals surface area contributed by atoms with Crippen LogP contribution in [0.2, 0.25) is 0 Å². The monoisotopic (exact) mass is 717 g/mol. The van der Waals surface area contributed by atoms with Crippen molar-refractivity contribution in [2.24, 2.45) is 23.7 Å². The van der Waals surface area contributed by atoms with Gasteiger partial charge in [-0.05, 0) is 62.0 Å². The molecule has 5 atom stereocenters. The Bertz CT molecular complexity index is 1470. The Hall–Kier alpha value is -3.73. The number of carbonyl (C=O) groups is 5. The Morgan fingerprint density at radius 3 is 1.87 bits per heavy atom. The van der Waals surface area contributed by atoms with E-state index in [1.807, 2.05) is 88.4 Å². The minimum Gasteiger partial charge on any atom is -0.379 e. The SMILES string of the molecule is CC(C)C[C@H](NC(=O)[C@H](CCc1ccccc1)CC(=O)CN1CCOCC1)C(=O)C[C@@H](Cc1ccccc1)C(=O)N[C@H](CC(C)C)C(=O)[C@@]1(C)CO1. The molecule has 284 valence electrons. The van der Waals surface area contributed by atoms with Crippen LogP contribution in [-0.2, 0) is 46.3 Å². The predicted molar refractivity (Wildman–Crippen MR) is 201 cm³/mol. The fourth-order valence-corrected chi connectivity index (χ4v) is 6.84. The molecule has 4 rings (SSSR count). The van der Waals surface area contributed by atoms with Gasteiger partial charge in [0.05, 0.1) is 38.4 Å². The molecule has 2 amide bonds. The highest BCUT2D eigenvalue weighted by molar-refractivity contribution is 5.98. The third-order valence-corrected chi connectivity index (χ3v) is 9.97. The molecule has 0 saturated carbocycles. The van der Waals surface area contributed by atoms with Gasteiger partial charge in [0.15, 0.2) is 11.6 Å². The third kappa shape index (κ3) is 13.4. The van der Waals surface area contributed by atoms with Crippen LogP contribution in [-0.4, -0.2) is 91.2 Å². The van der Waals surface area contributed by atoms with E-state index >= 15 is 0 Å². The largest absolute Gasteiger partial charge is 0.379 e. The molecule has 2 N–H and O–H groups in total. The fraction of sp³-hybridized carbons (Fsp3) is 0.595. The molecule has 52 heavy (non-hydrogen) atoms. The first-order valence-electron chi connectivity index (χ1n) is 19.0. The summed E-state index contributed by atoms with van der Waals surface area (Å²) in [4.78, 5) is 71.0. The lowest BCUT2D eigenvalue weighted by molar-refractivity contribution is -0.136. The molecule has 0 aliphatic carbocycles. The van der Waals surface area contributed by atoms with Crippen LogP contribution >= 0.6 is 0 Å². The second kappa shape index (κ2) is 19.9. The topological polar surface area (TPSA) is 134 Å². The Kier molecular flexibility index (Phi) is 15.7. The van der Waals surface area contributed by atoms with Crippen molar-refractivity contribution in [3.8, 4) is 0 Å². The van der Waals surface area contributed by atoms with E-state index in [2.05, 4.69) is 15.5 Å². The summed E-state index contributed by atoms with van der Waals surface area (Å²) in [5.74, 6) is -2.27. The van der Waals surface area contributed by atoms with Crippen molar-refractivity contribution in [3.05, 3.63) is 71.8 Å². The van der Waals surface area contributed by atoms with E-state index in [4.69, 9.17) is 9.47 Å². The van der Waals surface area contributed by atoms with Gasteiger partial charge in [-0.2, -0.15) is 0 Å². The molecule has 2 fully saturated rings. The Balaban J connectivity index is 1.51. The molecule has 0 bridgehead atoms. The number of carbonyl (C=O) groups excluding carboxylic acids is 5. The van der Waals surface area contributed by atoms with E-state index in [0.717, 1.165) is 11.1 Å². The average molecular weight is 718 g/mol. The summed E-state index contributed by atoms with van der Waals surface area (Å²) in [5.41, 5.74) is 1.07. The van der Waals surface area contributed by atoms with E-state index in [0.29, 0.717) is 65.0 Å². The van der Waals surface area contributed by atoms with E-state index in [-0.39, 0.29) is 60.4 Å². The minimum absolute atomic E-state index is 0.0163. The number of benzene rings is 2. The maximum absolute atomic E-state index is 14.2. The molecule has 2 aliphatic rings. The van der Waals surface area contributed by atoms with Crippen molar-refractivity contribution >= 4 is 29.2 Å². The van der Waals surface area contributed by atoms with Crippen molar-refractivity contribution in [2.75, 3.05) is 39.5 Å². The van der Waals surface area contributed by atoms with E-state index in [9.17, 15) is 24.0 Å². The molecule has 2 aromatic carbocycles. The number of nitrogens with zero attached hydrogens (tertiary/aromatic N) is 1. The highest BCUT2D eigenvalue weighted by Gasteiger charge is 2.50. The summed E-state index contributed by atoms with van der Waals surface area (Å²) in [7, 11) is 0.